The lowest BCUT2D eigenvalue weighted by Crippen LogP contribution is -1.97. The summed E-state index contributed by atoms with van der Waals surface area (Å²) >= 11 is 0. The smallest absolute Gasteiger partial charge is 0.0855 e. The van der Waals surface area contributed by atoms with Crippen molar-refractivity contribution in [3.8, 4) is 0 Å². The fourth-order valence-corrected chi connectivity index (χ4v) is 3.19. The molecule has 1 atom stereocenters. The van der Waals surface area contributed by atoms with Crippen LogP contribution < -0.4 is 0 Å². The molecular formula is C16H16OS. The molecule has 0 saturated heterocycles. The van der Waals surface area contributed by atoms with Crippen molar-refractivity contribution in [1.29, 1.82) is 0 Å². The summed E-state index contributed by atoms with van der Waals surface area (Å²) in [5.74, 6) is 0. The predicted molar refractivity (Wildman–Crippen MR) is 77.6 cm³/mol. The molecule has 0 radical (unpaired) electrons. The van der Waals surface area contributed by atoms with Crippen LogP contribution in [0.4, 0.5) is 0 Å². The predicted octanol–water partition coefficient (Wildman–Crippen LogP) is 4.25. The third kappa shape index (κ3) is 2.77. The summed E-state index contributed by atoms with van der Waals surface area (Å²) in [7, 11) is -1.12. The van der Waals surface area contributed by atoms with E-state index in [1.807, 2.05) is 74.5 Å². The molecule has 0 aliphatic carbocycles. The van der Waals surface area contributed by atoms with Gasteiger partial charge in [0, 0.05) is 9.80 Å². The SMILES string of the molecule is CC(C)=C(c1ccccc1)S(=O)c1ccccc1. The average molecular weight is 256 g/mol. The summed E-state index contributed by atoms with van der Waals surface area (Å²) in [5, 5.41) is 0. The van der Waals surface area contributed by atoms with E-state index in [0.29, 0.717) is 0 Å². The van der Waals surface area contributed by atoms with Crippen LogP contribution in [0.15, 0.2) is 71.1 Å². The average Bonchev–Trinajstić information content (AvgIpc) is 2.40. The Hall–Kier alpha value is -1.67. The first-order valence-corrected chi connectivity index (χ1v) is 7.05. The number of hydrogen-bond acceptors (Lipinski definition) is 1. The van der Waals surface area contributed by atoms with Crippen LogP contribution in [0, 0.1) is 0 Å². The van der Waals surface area contributed by atoms with Crippen molar-refractivity contribution in [3.63, 3.8) is 0 Å². The van der Waals surface area contributed by atoms with Crippen molar-refractivity contribution in [2.45, 2.75) is 18.7 Å². The highest BCUT2D eigenvalue weighted by Crippen LogP contribution is 2.26. The second kappa shape index (κ2) is 5.78. The van der Waals surface area contributed by atoms with Gasteiger partial charge in [0.25, 0.3) is 0 Å². The second-order valence-corrected chi connectivity index (χ2v) is 5.69. The van der Waals surface area contributed by atoms with Gasteiger partial charge in [-0.15, -0.1) is 0 Å². The van der Waals surface area contributed by atoms with Gasteiger partial charge in [0.2, 0.25) is 0 Å². The van der Waals surface area contributed by atoms with E-state index in [9.17, 15) is 4.21 Å². The highest BCUT2D eigenvalue weighted by Gasteiger charge is 2.13. The van der Waals surface area contributed by atoms with Gasteiger partial charge in [-0.2, -0.15) is 0 Å². The summed E-state index contributed by atoms with van der Waals surface area (Å²) < 4.78 is 12.6. The van der Waals surface area contributed by atoms with E-state index >= 15 is 0 Å². The maximum absolute atomic E-state index is 12.6. The zero-order valence-corrected chi connectivity index (χ0v) is 11.4. The lowest BCUT2D eigenvalue weighted by Gasteiger charge is -2.10. The Morgan fingerprint density at radius 3 is 1.83 bits per heavy atom. The Labute approximate surface area is 111 Å². The molecule has 0 saturated carbocycles. The molecule has 2 rings (SSSR count). The number of allylic oxidation sites excluding steroid dienone is 1. The van der Waals surface area contributed by atoms with Crippen molar-refractivity contribution in [1.82, 2.24) is 0 Å². The molecule has 92 valence electrons. The summed E-state index contributed by atoms with van der Waals surface area (Å²) in [6.45, 7) is 4.01. The van der Waals surface area contributed by atoms with E-state index < -0.39 is 10.8 Å². The summed E-state index contributed by atoms with van der Waals surface area (Å²) in [6.07, 6.45) is 0. The minimum atomic E-state index is -1.12. The van der Waals surface area contributed by atoms with Gasteiger partial charge < -0.3 is 0 Å². The molecule has 0 N–H and O–H groups in total. The summed E-state index contributed by atoms with van der Waals surface area (Å²) in [5.41, 5.74) is 2.11. The second-order valence-electron chi connectivity index (χ2n) is 4.28. The van der Waals surface area contributed by atoms with Crippen LogP contribution >= 0.6 is 0 Å². The highest BCUT2D eigenvalue weighted by atomic mass is 32.2. The quantitative estimate of drug-likeness (QED) is 0.802. The Morgan fingerprint density at radius 1 is 0.833 bits per heavy atom. The van der Waals surface area contributed by atoms with E-state index in [1.54, 1.807) is 0 Å². The first kappa shape index (κ1) is 12.8. The largest absolute Gasteiger partial charge is 0.249 e. The molecule has 2 aromatic carbocycles. The van der Waals surface area contributed by atoms with Crippen LogP contribution in [0.5, 0.6) is 0 Å². The maximum Gasteiger partial charge on any atom is 0.0855 e. The third-order valence-corrected chi connectivity index (χ3v) is 4.35. The van der Waals surface area contributed by atoms with Crippen molar-refractivity contribution in [2.75, 3.05) is 0 Å². The number of hydrogen-bond donors (Lipinski definition) is 0. The van der Waals surface area contributed by atoms with Crippen LogP contribution in [-0.4, -0.2) is 4.21 Å². The zero-order valence-electron chi connectivity index (χ0n) is 10.6. The summed E-state index contributed by atoms with van der Waals surface area (Å²) in [4.78, 5) is 1.75. The minimum absolute atomic E-state index is 0.845. The Balaban J connectivity index is 2.47. The van der Waals surface area contributed by atoms with Crippen molar-refractivity contribution < 1.29 is 4.21 Å². The van der Waals surface area contributed by atoms with Crippen LogP contribution in [0.2, 0.25) is 0 Å². The lowest BCUT2D eigenvalue weighted by molar-refractivity contribution is 0.689. The van der Waals surface area contributed by atoms with Crippen LogP contribution in [-0.2, 0) is 10.8 Å². The monoisotopic (exact) mass is 256 g/mol. The molecule has 1 unspecified atom stereocenters. The van der Waals surface area contributed by atoms with Gasteiger partial charge in [-0.3, -0.25) is 0 Å². The van der Waals surface area contributed by atoms with Gasteiger partial charge in [0.15, 0.2) is 0 Å². The standard InChI is InChI=1S/C16H16OS/c1-13(2)16(14-9-5-3-6-10-14)18(17)15-11-7-4-8-12-15/h3-12H,1-2H3. The molecule has 0 aromatic heterocycles. The van der Waals surface area contributed by atoms with Gasteiger partial charge in [-0.25, -0.2) is 4.21 Å². The molecule has 0 aliphatic rings. The number of benzene rings is 2. The fraction of sp³-hybridized carbons (Fsp3) is 0.125. The lowest BCUT2D eigenvalue weighted by atomic mass is 10.1. The molecular weight excluding hydrogens is 240 g/mol. The van der Waals surface area contributed by atoms with Gasteiger partial charge in [-0.05, 0) is 31.5 Å². The summed E-state index contributed by atoms with van der Waals surface area (Å²) in [6, 6.07) is 19.5. The first-order chi connectivity index (χ1) is 8.70. The fourth-order valence-electron chi connectivity index (χ4n) is 1.83. The Kier molecular flexibility index (Phi) is 4.11. The Bertz CT molecular complexity index is 567. The van der Waals surface area contributed by atoms with Crippen LogP contribution in [0.3, 0.4) is 0 Å². The van der Waals surface area contributed by atoms with Gasteiger partial charge in [0.05, 0.1) is 10.8 Å². The molecule has 2 aromatic rings. The zero-order chi connectivity index (χ0) is 13.0. The van der Waals surface area contributed by atoms with Crippen molar-refractivity contribution in [2.24, 2.45) is 0 Å². The van der Waals surface area contributed by atoms with Gasteiger partial charge in [-0.1, -0.05) is 54.1 Å². The highest BCUT2D eigenvalue weighted by molar-refractivity contribution is 7.94. The van der Waals surface area contributed by atoms with E-state index in [0.717, 1.165) is 20.9 Å². The van der Waals surface area contributed by atoms with Gasteiger partial charge >= 0.3 is 0 Å². The molecule has 2 heteroatoms. The normalized spacial score (nSPS) is 11.9. The van der Waals surface area contributed by atoms with Crippen molar-refractivity contribution in [3.05, 3.63) is 71.8 Å². The molecule has 0 fully saturated rings. The van der Waals surface area contributed by atoms with E-state index in [-0.39, 0.29) is 0 Å². The maximum atomic E-state index is 12.6. The molecule has 0 bridgehead atoms. The van der Waals surface area contributed by atoms with E-state index in [1.165, 1.54) is 0 Å². The van der Waals surface area contributed by atoms with Crippen molar-refractivity contribution >= 4 is 15.7 Å². The third-order valence-electron chi connectivity index (χ3n) is 2.63. The van der Waals surface area contributed by atoms with Crippen LogP contribution in [0.25, 0.3) is 4.91 Å². The number of rotatable bonds is 3. The molecule has 0 aliphatic heterocycles. The molecule has 0 amide bonds. The van der Waals surface area contributed by atoms with Crippen LogP contribution in [0.1, 0.15) is 19.4 Å². The van der Waals surface area contributed by atoms with E-state index in [4.69, 9.17) is 0 Å². The molecule has 0 spiro atoms. The molecule has 0 heterocycles. The topological polar surface area (TPSA) is 17.1 Å². The molecule has 18 heavy (non-hydrogen) atoms. The Morgan fingerprint density at radius 2 is 1.33 bits per heavy atom. The molecule has 1 nitrogen and oxygen atoms in total. The first-order valence-electron chi connectivity index (χ1n) is 5.90. The minimum Gasteiger partial charge on any atom is -0.249 e. The van der Waals surface area contributed by atoms with Gasteiger partial charge in [0.1, 0.15) is 0 Å². The van der Waals surface area contributed by atoms with E-state index in [2.05, 4.69) is 0 Å².